The van der Waals surface area contributed by atoms with Crippen LogP contribution in [-0.2, 0) is 14.8 Å². The number of hydrogen-bond acceptors (Lipinski definition) is 8. The molecule has 1 amide bonds. The van der Waals surface area contributed by atoms with Gasteiger partial charge in [-0.3, -0.25) is 14.9 Å². The summed E-state index contributed by atoms with van der Waals surface area (Å²) >= 11 is 0. The molecule has 0 aliphatic carbocycles. The average Bonchev–Trinajstić information content (AvgIpc) is 2.66. The number of benzene rings is 1. The number of nitro benzene ring substituents is 1. The van der Waals surface area contributed by atoms with Crippen molar-refractivity contribution in [3.63, 3.8) is 0 Å². The Bertz CT molecular complexity index is 1040. The minimum absolute atomic E-state index is 0.0264. The predicted molar refractivity (Wildman–Crippen MR) is 112 cm³/mol. The van der Waals surface area contributed by atoms with Crippen LogP contribution in [0.4, 0.5) is 17.1 Å². The summed E-state index contributed by atoms with van der Waals surface area (Å²) in [4.78, 5) is 30.5. The SMILES string of the molecule is CC(C)Nc1ccc(S(=O)(=O)NCC(=O)Nc2cncnc2C(C)C)cc1[N+](=O)[O-]. The lowest BCUT2D eigenvalue weighted by molar-refractivity contribution is -0.384. The highest BCUT2D eigenvalue weighted by Gasteiger charge is 2.22. The van der Waals surface area contributed by atoms with Crippen molar-refractivity contribution in [1.29, 1.82) is 0 Å². The fraction of sp³-hybridized carbons (Fsp3) is 0.389. The van der Waals surface area contributed by atoms with Gasteiger partial charge < -0.3 is 10.6 Å². The molecule has 162 valence electrons. The van der Waals surface area contributed by atoms with Crippen LogP contribution in [-0.4, -0.2) is 41.8 Å². The van der Waals surface area contributed by atoms with Gasteiger partial charge in [-0.2, -0.15) is 0 Å². The van der Waals surface area contributed by atoms with Crippen molar-refractivity contribution >= 4 is 33.0 Å². The fourth-order valence-corrected chi connectivity index (χ4v) is 3.60. The van der Waals surface area contributed by atoms with Crippen LogP contribution in [0.15, 0.2) is 35.6 Å². The molecule has 1 aromatic heterocycles. The molecule has 0 saturated heterocycles. The third-order valence-electron chi connectivity index (χ3n) is 3.91. The number of aromatic nitrogens is 2. The number of carbonyl (C=O) groups is 1. The number of nitrogens with zero attached hydrogens (tertiary/aromatic N) is 3. The fourth-order valence-electron chi connectivity index (χ4n) is 2.60. The molecule has 0 aliphatic rings. The van der Waals surface area contributed by atoms with Gasteiger partial charge in [-0.15, -0.1) is 0 Å². The van der Waals surface area contributed by atoms with Gasteiger partial charge >= 0.3 is 0 Å². The first kappa shape index (κ1) is 23.2. The van der Waals surface area contributed by atoms with Crippen LogP contribution in [0, 0.1) is 10.1 Å². The van der Waals surface area contributed by atoms with E-state index in [2.05, 4.69) is 25.3 Å². The molecule has 0 unspecified atom stereocenters. The van der Waals surface area contributed by atoms with Crippen molar-refractivity contribution in [2.45, 2.75) is 44.6 Å². The highest BCUT2D eigenvalue weighted by atomic mass is 32.2. The second-order valence-electron chi connectivity index (χ2n) is 7.08. The highest BCUT2D eigenvalue weighted by Crippen LogP contribution is 2.28. The van der Waals surface area contributed by atoms with Gasteiger partial charge in [0.25, 0.3) is 5.69 Å². The normalized spacial score (nSPS) is 11.5. The van der Waals surface area contributed by atoms with Crippen LogP contribution in [0.3, 0.4) is 0 Å². The number of nitrogens with one attached hydrogen (secondary N) is 3. The van der Waals surface area contributed by atoms with E-state index in [-0.39, 0.29) is 28.2 Å². The van der Waals surface area contributed by atoms with Crippen LogP contribution in [0.1, 0.15) is 39.3 Å². The molecule has 2 rings (SSSR count). The maximum Gasteiger partial charge on any atom is 0.293 e. The van der Waals surface area contributed by atoms with Crippen LogP contribution in [0.5, 0.6) is 0 Å². The van der Waals surface area contributed by atoms with Gasteiger partial charge in [0.2, 0.25) is 15.9 Å². The molecule has 0 fully saturated rings. The van der Waals surface area contributed by atoms with Crippen molar-refractivity contribution in [2.24, 2.45) is 0 Å². The van der Waals surface area contributed by atoms with Gasteiger partial charge in [-0.05, 0) is 31.9 Å². The van der Waals surface area contributed by atoms with Crippen molar-refractivity contribution in [2.75, 3.05) is 17.2 Å². The minimum Gasteiger partial charge on any atom is -0.377 e. The van der Waals surface area contributed by atoms with Gasteiger partial charge in [0, 0.05) is 12.1 Å². The topological polar surface area (TPSA) is 156 Å². The molecule has 1 aromatic carbocycles. The number of sulfonamides is 1. The zero-order chi connectivity index (χ0) is 22.5. The van der Waals surface area contributed by atoms with Crippen LogP contribution < -0.4 is 15.4 Å². The summed E-state index contributed by atoms with van der Waals surface area (Å²) in [6, 6.07) is 3.43. The molecule has 1 heterocycles. The predicted octanol–water partition coefficient (Wildman–Crippen LogP) is 2.25. The number of nitro groups is 1. The zero-order valence-electron chi connectivity index (χ0n) is 17.0. The van der Waals surface area contributed by atoms with Crippen molar-refractivity contribution in [1.82, 2.24) is 14.7 Å². The number of rotatable bonds is 9. The van der Waals surface area contributed by atoms with E-state index in [1.807, 2.05) is 13.8 Å². The second kappa shape index (κ2) is 9.59. The van der Waals surface area contributed by atoms with Crippen LogP contribution in [0.25, 0.3) is 0 Å². The molecular formula is C18H24N6O5S. The first-order valence-electron chi connectivity index (χ1n) is 9.15. The minimum atomic E-state index is -4.15. The van der Waals surface area contributed by atoms with E-state index in [1.165, 1.54) is 24.7 Å². The second-order valence-corrected chi connectivity index (χ2v) is 8.85. The Hall–Kier alpha value is -3.12. The molecule has 0 saturated carbocycles. The molecule has 0 spiro atoms. The number of hydrogen-bond donors (Lipinski definition) is 3. The van der Waals surface area contributed by atoms with Crippen molar-refractivity contribution in [3.8, 4) is 0 Å². The number of carbonyl (C=O) groups excluding carboxylic acids is 1. The summed E-state index contributed by atoms with van der Waals surface area (Å²) in [6.45, 7) is 6.83. The lowest BCUT2D eigenvalue weighted by Crippen LogP contribution is -2.33. The van der Waals surface area contributed by atoms with E-state index in [1.54, 1.807) is 13.8 Å². The first-order valence-corrected chi connectivity index (χ1v) is 10.6. The molecule has 0 bridgehead atoms. The molecular weight excluding hydrogens is 412 g/mol. The van der Waals surface area contributed by atoms with Gasteiger partial charge in [0.05, 0.1) is 33.9 Å². The summed E-state index contributed by atoms with van der Waals surface area (Å²) in [7, 11) is -4.15. The molecule has 0 aliphatic heterocycles. The van der Waals surface area contributed by atoms with Gasteiger partial charge in [-0.25, -0.2) is 23.1 Å². The summed E-state index contributed by atoms with van der Waals surface area (Å²) in [5.41, 5.74) is 0.831. The summed E-state index contributed by atoms with van der Waals surface area (Å²) in [6.07, 6.45) is 2.79. The molecule has 3 N–H and O–H groups in total. The molecule has 12 heteroatoms. The van der Waals surface area contributed by atoms with E-state index in [4.69, 9.17) is 0 Å². The van der Waals surface area contributed by atoms with Gasteiger partial charge in [-0.1, -0.05) is 13.8 Å². The molecule has 11 nitrogen and oxygen atoms in total. The lowest BCUT2D eigenvalue weighted by atomic mass is 10.1. The third kappa shape index (κ3) is 5.94. The van der Waals surface area contributed by atoms with Gasteiger partial charge in [0.15, 0.2) is 0 Å². The van der Waals surface area contributed by atoms with Crippen molar-refractivity contribution < 1.29 is 18.1 Å². The van der Waals surface area contributed by atoms with Crippen LogP contribution >= 0.6 is 0 Å². The monoisotopic (exact) mass is 436 g/mol. The summed E-state index contributed by atoms with van der Waals surface area (Å²) in [5, 5.41) is 16.8. The van der Waals surface area contributed by atoms with E-state index in [0.717, 1.165) is 6.07 Å². The molecule has 0 atom stereocenters. The standard InChI is InChI=1S/C18H24N6O5S/c1-11(2)18-15(8-19-10-20-18)23-17(25)9-21-30(28,29)13-5-6-14(22-12(3)4)16(7-13)24(26)27/h5-8,10-12,21-22H,9H2,1-4H3,(H,23,25). The Morgan fingerprint density at radius 2 is 1.90 bits per heavy atom. The largest absolute Gasteiger partial charge is 0.377 e. The van der Waals surface area contributed by atoms with Crippen molar-refractivity contribution in [3.05, 3.63) is 46.5 Å². The van der Waals surface area contributed by atoms with Crippen LogP contribution in [0.2, 0.25) is 0 Å². The molecule has 2 aromatic rings. The Labute approximate surface area is 174 Å². The van der Waals surface area contributed by atoms with E-state index >= 15 is 0 Å². The Morgan fingerprint density at radius 3 is 2.50 bits per heavy atom. The van der Waals surface area contributed by atoms with E-state index < -0.39 is 27.4 Å². The zero-order valence-corrected chi connectivity index (χ0v) is 17.9. The summed E-state index contributed by atoms with van der Waals surface area (Å²) < 4.78 is 27.2. The highest BCUT2D eigenvalue weighted by molar-refractivity contribution is 7.89. The Kier molecular flexibility index (Phi) is 7.40. The third-order valence-corrected chi connectivity index (χ3v) is 5.31. The van der Waals surface area contributed by atoms with E-state index in [9.17, 15) is 23.3 Å². The Morgan fingerprint density at radius 1 is 1.20 bits per heavy atom. The quantitative estimate of drug-likeness (QED) is 0.399. The maximum atomic E-state index is 12.5. The molecule has 0 radical (unpaired) electrons. The number of amides is 1. The maximum absolute atomic E-state index is 12.5. The number of anilines is 2. The lowest BCUT2D eigenvalue weighted by Gasteiger charge is -2.13. The Balaban J connectivity index is 2.14. The van der Waals surface area contributed by atoms with E-state index in [0.29, 0.717) is 11.4 Å². The summed E-state index contributed by atoms with van der Waals surface area (Å²) in [5.74, 6) is -0.596. The van der Waals surface area contributed by atoms with Gasteiger partial charge in [0.1, 0.15) is 12.0 Å². The average molecular weight is 436 g/mol. The molecule has 30 heavy (non-hydrogen) atoms. The first-order chi connectivity index (χ1) is 14.0. The smallest absolute Gasteiger partial charge is 0.293 e.